The number of anilines is 3. The zero-order valence-electron chi connectivity index (χ0n) is 53.7. The van der Waals surface area contributed by atoms with Crippen LogP contribution in [0.1, 0.15) is 66.3 Å². The number of carbonyl (C=O) groups is 3. The van der Waals surface area contributed by atoms with Crippen molar-refractivity contribution in [2.45, 2.75) is 38.9 Å². The average Bonchev–Trinajstić information content (AvgIpc) is 1.85. The van der Waals surface area contributed by atoms with Gasteiger partial charge in [0.25, 0.3) is 28.5 Å². The largest absolute Gasteiger partial charge is 0.366 e. The SMILES string of the molecule is Cc1ccc2c(c1)c(N1CCN(C(=O)c3ccc(F)cc3)CC1)c(C#N)c(=O)n2Cc1ccc(F)cc1.Cn1c(=O)c(C#N)c(N2CCN(C(=O)C3CCCN3)CC2)c2ccccc21.N#Cc1c(N2CCN(C(=O)c3cccs3)CC2)c2ccccc2n(Cc2ccccc2)c1=O. The molecule has 3 amide bonds. The molecule has 97 heavy (non-hydrogen) atoms. The van der Waals surface area contributed by atoms with E-state index < -0.39 is 11.4 Å². The van der Waals surface area contributed by atoms with E-state index in [9.17, 15) is 53.3 Å². The second kappa shape index (κ2) is 29.2. The molecule has 0 spiro atoms. The number of para-hydroxylation sites is 2. The number of rotatable bonds is 10. The topological polar surface area (TPSA) is 220 Å². The number of nitrogens with zero attached hydrogens (tertiary/aromatic N) is 12. The maximum absolute atomic E-state index is 13.6. The number of hydrogen-bond donors (Lipinski definition) is 1. The first-order valence-corrected chi connectivity index (χ1v) is 33.1. The van der Waals surface area contributed by atoms with Gasteiger partial charge < -0.3 is 48.4 Å². The van der Waals surface area contributed by atoms with Crippen molar-refractivity contribution in [1.82, 2.24) is 33.7 Å². The van der Waals surface area contributed by atoms with Gasteiger partial charge in [-0.25, -0.2) is 8.78 Å². The molecule has 22 heteroatoms. The fourth-order valence-corrected chi connectivity index (χ4v) is 14.1. The smallest absolute Gasteiger partial charge is 0.271 e. The van der Waals surface area contributed by atoms with Gasteiger partial charge in [0.05, 0.1) is 57.6 Å². The molecular weight excluding hydrogens is 1250 g/mol. The number of thiophene rings is 1. The summed E-state index contributed by atoms with van der Waals surface area (Å²) in [5, 5.41) is 37.4. The molecule has 1 unspecified atom stereocenters. The first-order chi connectivity index (χ1) is 47.1. The Labute approximate surface area is 562 Å². The molecule has 8 heterocycles. The molecule has 0 saturated carbocycles. The van der Waals surface area contributed by atoms with Crippen molar-refractivity contribution in [1.29, 1.82) is 15.8 Å². The van der Waals surface area contributed by atoms with Crippen molar-refractivity contribution in [2.24, 2.45) is 7.05 Å². The van der Waals surface area contributed by atoms with E-state index in [1.54, 1.807) is 33.2 Å². The lowest BCUT2D eigenvalue weighted by Gasteiger charge is -2.38. The Hall–Kier alpha value is -11.3. The van der Waals surface area contributed by atoms with E-state index in [-0.39, 0.29) is 63.9 Å². The molecule has 1 atom stereocenters. The summed E-state index contributed by atoms with van der Waals surface area (Å²) in [4.78, 5) is 90.2. The molecule has 19 nitrogen and oxygen atoms in total. The van der Waals surface area contributed by atoms with Gasteiger partial charge in [-0.15, -0.1) is 11.3 Å². The summed E-state index contributed by atoms with van der Waals surface area (Å²) in [6.45, 7) is 9.78. The van der Waals surface area contributed by atoms with Crippen molar-refractivity contribution in [2.75, 3.05) is 99.8 Å². The van der Waals surface area contributed by atoms with E-state index in [2.05, 4.69) is 33.3 Å². The van der Waals surface area contributed by atoms with Gasteiger partial charge in [-0.05, 0) is 110 Å². The number of piperazine rings is 3. The number of amides is 3. The summed E-state index contributed by atoms with van der Waals surface area (Å²) in [6, 6.07) is 52.4. The zero-order chi connectivity index (χ0) is 67.9. The summed E-state index contributed by atoms with van der Waals surface area (Å²) >= 11 is 1.44. The Kier molecular flexibility index (Phi) is 19.8. The van der Waals surface area contributed by atoms with Gasteiger partial charge in [0.15, 0.2) is 0 Å². The Morgan fingerprint density at radius 3 is 1.49 bits per heavy atom. The summed E-state index contributed by atoms with van der Waals surface area (Å²) in [5.74, 6) is -0.742. The number of nitriles is 3. The standard InChI is InChI=1S/C29H24F2N4O2.C26H22N4O2S.C20H23N5O2/c1-19-2-11-26-24(16-19)27(25(17-32)29(37)35(26)18-20-3-7-22(30)8-4-20)33-12-14-34(15-13-33)28(36)21-5-9-23(31)10-6-21;27-17-21-24(28-12-14-29(15-13-28)26(32)23-11-6-16-33-23)20-9-4-5-10-22(20)30(25(21)31)18-19-7-2-1-3-8-19;1-23-17-7-3-2-5-14(17)18(15(13-21)19(23)26)24-9-11-25(12-10-24)20(27)16-6-4-8-22-16/h2-11,16H,12-15,18H2,1H3;1-11,16H,12-15,18H2;2-3,5,7,16,22H,4,6,8-12H2,1H3. The number of benzene rings is 6. The number of halogens is 2. The van der Waals surface area contributed by atoms with Crippen LogP contribution in [0.3, 0.4) is 0 Å². The van der Waals surface area contributed by atoms with Crippen LogP contribution in [0.4, 0.5) is 25.8 Å². The van der Waals surface area contributed by atoms with Gasteiger partial charge in [0.1, 0.15) is 46.5 Å². The second-order valence-corrected chi connectivity index (χ2v) is 25.3. The fourth-order valence-electron chi connectivity index (χ4n) is 13.4. The van der Waals surface area contributed by atoms with Gasteiger partial charge in [-0.2, -0.15) is 15.8 Å². The molecule has 4 aliphatic heterocycles. The quantitative estimate of drug-likeness (QED) is 0.135. The van der Waals surface area contributed by atoms with Gasteiger partial charge in [0, 0.05) is 107 Å². The summed E-state index contributed by atoms with van der Waals surface area (Å²) in [5.41, 5.74) is 6.76. The van der Waals surface area contributed by atoms with E-state index in [0.717, 1.165) is 68.1 Å². The number of hydrogen-bond acceptors (Lipinski definition) is 14. The van der Waals surface area contributed by atoms with Crippen LogP contribution in [0.25, 0.3) is 32.7 Å². The molecule has 4 aliphatic rings. The van der Waals surface area contributed by atoms with Crippen LogP contribution in [0.5, 0.6) is 0 Å². The lowest BCUT2D eigenvalue weighted by molar-refractivity contribution is -0.133. The van der Waals surface area contributed by atoms with Crippen LogP contribution in [-0.4, -0.2) is 137 Å². The number of fused-ring (bicyclic) bond motifs is 3. The molecule has 0 aliphatic carbocycles. The van der Waals surface area contributed by atoms with Gasteiger partial charge in [-0.1, -0.05) is 96.6 Å². The minimum Gasteiger partial charge on any atom is -0.366 e. The van der Waals surface area contributed by atoms with Crippen LogP contribution in [0.15, 0.2) is 177 Å². The predicted octanol–water partition coefficient (Wildman–Crippen LogP) is 9.23. The molecule has 4 fully saturated rings. The van der Waals surface area contributed by atoms with Crippen LogP contribution < -0.4 is 36.7 Å². The van der Waals surface area contributed by atoms with Crippen LogP contribution >= 0.6 is 11.3 Å². The Balaban J connectivity index is 0.000000140. The maximum atomic E-state index is 13.6. The Morgan fingerprint density at radius 2 is 0.969 bits per heavy atom. The van der Waals surface area contributed by atoms with E-state index >= 15 is 0 Å². The maximum Gasteiger partial charge on any atom is 0.271 e. The van der Waals surface area contributed by atoms with Crippen LogP contribution in [-0.2, 0) is 24.9 Å². The minimum absolute atomic E-state index is 0.0355. The molecule has 1 N–H and O–H groups in total. The molecule has 4 aromatic heterocycles. The van der Waals surface area contributed by atoms with Crippen molar-refractivity contribution in [3.05, 3.63) is 250 Å². The first-order valence-electron chi connectivity index (χ1n) is 32.2. The van der Waals surface area contributed by atoms with Gasteiger partial charge in [-0.3, -0.25) is 28.8 Å². The molecule has 4 saturated heterocycles. The monoisotopic (exact) mass is 1320 g/mol. The molecule has 14 rings (SSSR count). The number of aryl methyl sites for hydroxylation is 2. The van der Waals surface area contributed by atoms with Crippen molar-refractivity contribution < 1.29 is 23.2 Å². The molecule has 6 aromatic carbocycles. The highest BCUT2D eigenvalue weighted by atomic mass is 32.1. The third-order valence-electron chi connectivity index (χ3n) is 18.4. The zero-order valence-corrected chi connectivity index (χ0v) is 54.5. The predicted molar refractivity (Wildman–Crippen MR) is 372 cm³/mol. The van der Waals surface area contributed by atoms with Crippen molar-refractivity contribution in [3.8, 4) is 18.2 Å². The van der Waals surface area contributed by atoms with Gasteiger partial charge in [0.2, 0.25) is 5.91 Å². The first kappa shape index (κ1) is 65.8. The highest BCUT2D eigenvalue weighted by Crippen LogP contribution is 2.34. The lowest BCUT2D eigenvalue weighted by atomic mass is 10.0. The third kappa shape index (κ3) is 13.7. The van der Waals surface area contributed by atoms with Crippen molar-refractivity contribution in [3.63, 3.8) is 0 Å². The number of pyridine rings is 3. The number of carbonyl (C=O) groups excluding carboxylic acids is 3. The van der Waals surface area contributed by atoms with E-state index in [0.29, 0.717) is 113 Å². The molecule has 0 radical (unpaired) electrons. The van der Waals surface area contributed by atoms with E-state index in [4.69, 9.17) is 0 Å². The van der Waals surface area contributed by atoms with Gasteiger partial charge >= 0.3 is 0 Å². The van der Waals surface area contributed by atoms with Crippen molar-refractivity contribution >= 4 is 78.8 Å². The minimum atomic E-state index is -0.414. The summed E-state index contributed by atoms with van der Waals surface area (Å²) < 4.78 is 31.4. The van der Waals surface area contributed by atoms with Crippen LogP contribution in [0.2, 0.25) is 0 Å². The molecule has 490 valence electrons. The normalized spacial score (nSPS) is 15.5. The molecule has 10 aromatic rings. The van der Waals surface area contributed by atoms with E-state index in [1.807, 2.05) is 136 Å². The third-order valence-corrected chi connectivity index (χ3v) is 19.3. The highest BCUT2D eigenvalue weighted by Gasteiger charge is 2.33. The summed E-state index contributed by atoms with van der Waals surface area (Å²) in [7, 11) is 1.69. The Bertz CT molecular complexity index is 4930. The number of nitrogens with one attached hydrogen (secondary N) is 1. The highest BCUT2D eigenvalue weighted by molar-refractivity contribution is 7.12. The summed E-state index contributed by atoms with van der Waals surface area (Å²) in [6.07, 6.45) is 1.94. The Morgan fingerprint density at radius 1 is 0.505 bits per heavy atom. The average molecular weight is 1320 g/mol. The second-order valence-electron chi connectivity index (χ2n) is 24.3. The molecule has 0 bridgehead atoms. The number of aromatic nitrogens is 3. The lowest BCUT2D eigenvalue weighted by Crippen LogP contribution is -2.53. The van der Waals surface area contributed by atoms with Crippen LogP contribution in [0, 0.1) is 52.6 Å². The van der Waals surface area contributed by atoms with E-state index in [1.165, 1.54) is 52.3 Å². The fraction of sp³-hybridized carbons (Fsp3) is 0.267. The molecular formula is C75H69F2N13O6S.